The van der Waals surface area contributed by atoms with Crippen molar-refractivity contribution < 1.29 is 0 Å². The molecule has 0 radical (unpaired) electrons. The van der Waals surface area contributed by atoms with E-state index in [0.717, 1.165) is 6.42 Å². The highest BCUT2D eigenvalue weighted by molar-refractivity contribution is 5.21. The summed E-state index contributed by atoms with van der Waals surface area (Å²) in [5.41, 5.74) is 1.41. The minimum atomic E-state index is 1.04. The molecule has 50 valence electrons. The Labute approximate surface area is 57.3 Å². The summed E-state index contributed by atoms with van der Waals surface area (Å²) in [4.78, 5) is 0. The van der Waals surface area contributed by atoms with Gasteiger partial charge in [-0.25, -0.2) is 11.6 Å². The van der Waals surface area contributed by atoms with Crippen molar-refractivity contribution >= 4 is 0 Å². The highest BCUT2D eigenvalue weighted by Gasteiger charge is 1.84. The SMILES string of the molecule is CCCCC1=[C-]CC=C1. The van der Waals surface area contributed by atoms with Gasteiger partial charge in [0.1, 0.15) is 0 Å². The van der Waals surface area contributed by atoms with E-state index in [0.29, 0.717) is 0 Å². The van der Waals surface area contributed by atoms with Crippen LogP contribution in [-0.4, -0.2) is 0 Å². The zero-order chi connectivity index (χ0) is 6.53. The van der Waals surface area contributed by atoms with Crippen molar-refractivity contribution in [1.82, 2.24) is 0 Å². The molecule has 0 aromatic carbocycles. The van der Waals surface area contributed by atoms with Crippen LogP contribution < -0.4 is 0 Å². The lowest BCUT2D eigenvalue weighted by molar-refractivity contribution is 0.797. The number of hydrogen-bond acceptors (Lipinski definition) is 0. The Morgan fingerprint density at radius 2 is 2.56 bits per heavy atom. The second-order valence-electron chi connectivity index (χ2n) is 2.41. The molecule has 0 saturated heterocycles. The van der Waals surface area contributed by atoms with Gasteiger partial charge in [0.15, 0.2) is 0 Å². The summed E-state index contributed by atoms with van der Waals surface area (Å²) in [6.45, 7) is 2.22. The lowest BCUT2D eigenvalue weighted by Crippen LogP contribution is -1.74. The number of rotatable bonds is 3. The average Bonchev–Trinajstić information content (AvgIpc) is 2.34. The fourth-order valence-electron chi connectivity index (χ4n) is 0.989. The van der Waals surface area contributed by atoms with Gasteiger partial charge in [0, 0.05) is 0 Å². The van der Waals surface area contributed by atoms with E-state index in [1.165, 1.54) is 24.8 Å². The van der Waals surface area contributed by atoms with Gasteiger partial charge in [-0.15, -0.1) is 6.42 Å². The predicted molar refractivity (Wildman–Crippen MR) is 40.0 cm³/mol. The van der Waals surface area contributed by atoms with Crippen molar-refractivity contribution in [3.05, 3.63) is 23.8 Å². The first-order chi connectivity index (χ1) is 4.43. The molecule has 0 aromatic rings. The number of allylic oxidation sites excluding steroid dienone is 4. The Hall–Kier alpha value is -0.520. The molecule has 0 bridgehead atoms. The van der Waals surface area contributed by atoms with Gasteiger partial charge in [-0.2, -0.15) is 6.08 Å². The molecule has 0 unspecified atom stereocenters. The second-order valence-corrected chi connectivity index (χ2v) is 2.41. The molecule has 1 aliphatic rings. The standard InChI is InChI=1S/C9H13/c1-2-3-6-9-7-4-5-8-9/h4,7H,2-3,5-6H2,1H3/q-1. The van der Waals surface area contributed by atoms with Crippen LogP contribution in [0.15, 0.2) is 17.7 Å². The molecule has 0 spiro atoms. The third-order valence-electron chi connectivity index (χ3n) is 1.57. The molecule has 1 aliphatic carbocycles. The summed E-state index contributed by atoms with van der Waals surface area (Å²) in [6, 6.07) is 0. The largest absolute Gasteiger partial charge is 0.269 e. The molecule has 0 atom stereocenters. The summed E-state index contributed by atoms with van der Waals surface area (Å²) < 4.78 is 0. The summed E-state index contributed by atoms with van der Waals surface area (Å²) in [7, 11) is 0. The normalized spacial score (nSPS) is 16.3. The van der Waals surface area contributed by atoms with E-state index in [4.69, 9.17) is 0 Å². The smallest absolute Gasteiger partial charge is 0.0524 e. The summed E-state index contributed by atoms with van der Waals surface area (Å²) in [5.74, 6) is 0. The van der Waals surface area contributed by atoms with Crippen molar-refractivity contribution in [2.75, 3.05) is 0 Å². The fourth-order valence-corrected chi connectivity index (χ4v) is 0.989. The van der Waals surface area contributed by atoms with E-state index in [1.807, 2.05) is 0 Å². The fraction of sp³-hybridized carbons (Fsp3) is 0.556. The molecule has 9 heavy (non-hydrogen) atoms. The molecule has 0 fully saturated rings. The Morgan fingerprint density at radius 3 is 3.11 bits per heavy atom. The quantitative estimate of drug-likeness (QED) is 0.504. The van der Waals surface area contributed by atoms with Crippen LogP contribution >= 0.6 is 0 Å². The van der Waals surface area contributed by atoms with E-state index < -0.39 is 0 Å². The summed E-state index contributed by atoms with van der Waals surface area (Å²) in [6.07, 6.45) is 12.5. The van der Waals surface area contributed by atoms with E-state index in [2.05, 4.69) is 25.2 Å². The maximum atomic E-state index is 3.30. The van der Waals surface area contributed by atoms with Crippen LogP contribution in [0.25, 0.3) is 0 Å². The van der Waals surface area contributed by atoms with Crippen molar-refractivity contribution in [1.29, 1.82) is 0 Å². The number of hydrogen-bond donors (Lipinski definition) is 0. The van der Waals surface area contributed by atoms with Gasteiger partial charge in [-0.05, 0) is 0 Å². The third-order valence-corrected chi connectivity index (χ3v) is 1.57. The van der Waals surface area contributed by atoms with Crippen molar-refractivity contribution in [2.45, 2.75) is 32.6 Å². The maximum absolute atomic E-state index is 3.30. The first-order valence-electron chi connectivity index (χ1n) is 3.69. The molecule has 0 heteroatoms. The average molecular weight is 121 g/mol. The molecule has 0 aliphatic heterocycles. The lowest BCUT2D eigenvalue weighted by atomic mass is 10.1. The number of unbranched alkanes of at least 4 members (excludes halogenated alkanes) is 1. The molecular formula is C9H13-. The van der Waals surface area contributed by atoms with Crippen molar-refractivity contribution in [3.63, 3.8) is 0 Å². The van der Waals surface area contributed by atoms with E-state index in [1.54, 1.807) is 0 Å². The van der Waals surface area contributed by atoms with Crippen molar-refractivity contribution in [2.24, 2.45) is 0 Å². The summed E-state index contributed by atoms with van der Waals surface area (Å²) >= 11 is 0. The van der Waals surface area contributed by atoms with Crippen LogP contribution in [0.2, 0.25) is 0 Å². The Bertz CT molecular complexity index is 129. The Balaban J connectivity index is 2.19. The van der Waals surface area contributed by atoms with Gasteiger partial charge < -0.3 is 0 Å². The van der Waals surface area contributed by atoms with Gasteiger partial charge >= 0.3 is 0 Å². The molecular weight excluding hydrogens is 108 g/mol. The van der Waals surface area contributed by atoms with E-state index >= 15 is 0 Å². The van der Waals surface area contributed by atoms with Crippen LogP contribution in [0.5, 0.6) is 0 Å². The molecule has 0 heterocycles. The zero-order valence-electron chi connectivity index (χ0n) is 5.98. The molecule has 0 amide bonds. The summed E-state index contributed by atoms with van der Waals surface area (Å²) in [5, 5.41) is 0. The predicted octanol–water partition coefficient (Wildman–Crippen LogP) is 2.87. The maximum Gasteiger partial charge on any atom is -0.0524 e. The van der Waals surface area contributed by atoms with Gasteiger partial charge in [0.2, 0.25) is 0 Å². The molecule has 1 rings (SSSR count). The highest BCUT2D eigenvalue weighted by atomic mass is 14.0. The van der Waals surface area contributed by atoms with Gasteiger partial charge in [0.05, 0.1) is 0 Å². The monoisotopic (exact) mass is 121 g/mol. The van der Waals surface area contributed by atoms with Gasteiger partial charge in [0.25, 0.3) is 0 Å². The van der Waals surface area contributed by atoms with E-state index in [9.17, 15) is 0 Å². The van der Waals surface area contributed by atoms with Gasteiger partial charge in [-0.3, -0.25) is 6.08 Å². The van der Waals surface area contributed by atoms with Crippen LogP contribution in [0.4, 0.5) is 0 Å². The van der Waals surface area contributed by atoms with Crippen LogP contribution in [-0.2, 0) is 0 Å². The Kier molecular flexibility index (Phi) is 2.56. The van der Waals surface area contributed by atoms with Crippen molar-refractivity contribution in [3.8, 4) is 0 Å². The third kappa shape index (κ3) is 2.05. The van der Waals surface area contributed by atoms with Crippen LogP contribution in [0.1, 0.15) is 32.6 Å². The minimum Gasteiger partial charge on any atom is -0.269 e. The molecule has 0 saturated carbocycles. The first-order valence-corrected chi connectivity index (χ1v) is 3.69. The van der Waals surface area contributed by atoms with E-state index in [-0.39, 0.29) is 0 Å². The highest BCUT2D eigenvalue weighted by Crippen LogP contribution is 2.14. The first kappa shape index (κ1) is 6.60. The second kappa shape index (κ2) is 3.49. The van der Waals surface area contributed by atoms with Crippen LogP contribution in [0, 0.1) is 6.08 Å². The lowest BCUT2D eigenvalue weighted by Gasteiger charge is -2.03. The van der Waals surface area contributed by atoms with Crippen LogP contribution in [0.3, 0.4) is 0 Å². The molecule has 0 aromatic heterocycles. The Morgan fingerprint density at radius 1 is 1.67 bits per heavy atom. The van der Waals surface area contributed by atoms with Gasteiger partial charge in [-0.1, -0.05) is 26.2 Å². The topological polar surface area (TPSA) is 0 Å². The molecule has 0 N–H and O–H groups in total. The molecule has 0 nitrogen and oxygen atoms in total. The minimum absolute atomic E-state index is 1.04. The zero-order valence-corrected chi connectivity index (χ0v) is 5.98.